The zero-order chi connectivity index (χ0) is 15.9. The Morgan fingerprint density at radius 3 is 2.48 bits per heavy atom. The normalized spacial score (nSPS) is 12.6. The van der Waals surface area contributed by atoms with Gasteiger partial charge in [-0.05, 0) is 24.6 Å². The highest BCUT2D eigenvalue weighted by atomic mass is 32.2. The van der Waals surface area contributed by atoms with E-state index >= 15 is 0 Å². The molecule has 0 saturated carbocycles. The minimum absolute atomic E-state index is 0.288. The van der Waals surface area contributed by atoms with Crippen LogP contribution in [0.5, 0.6) is 0 Å². The summed E-state index contributed by atoms with van der Waals surface area (Å²) in [7, 11) is -4.01. The maximum absolute atomic E-state index is 12.0. The van der Waals surface area contributed by atoms with Gasteiger partial charge in [-0.25, -0.2) is 18.1 Å². The molecule has 0 atom stereocenters. The Bertz CT molecular complexity index is 530. The van der Waals surface area contributed by atoms with E-state index in [4.69, 9.17) is 0 Å². The first kappa shape index (κ1) is 17.9. The van der Waals surface area contributed by atoms with Gasteiger partial charge in [0.25, 0.3) is 10.0 Å². The Labute approximate surface area is 122 Å². The molecule has 0 aliphatic heterocycles. The summed E-state index contributed by atoms with van der Waals surface area (Å²) >= 11 is 0. The zero-order valence-corrected chi connectivity index (χ0v) is 12.4. The number of sulfonamides is 1. The Morgan fingerprint density at radius 1 is 1.24 bits per heavy atom. The molecule has 0 radical (unpaired) electrons. The van der Waals surface area contributed by atoms with E-state index < -0.39 is 29.2 Å². The van der Waals surface area contributed by atoms with Gasteiger partial charge in [-0.2, -0.15) is 13.2 Å². The first-order valence-electron chi connectivity index (χ1n) is 6.46. The van der Waals surface area contributed by atoms with Crippen LogP contribution in [0.4, 0.5) is 13.2 Å². The summed E-state index contributed by atoms with van der Waals surface area (Å²) in [6.07, 6.45) is -3.25. The van der Waals surface area contributed by atoms with E-state index in [0.29, 0.717) is 6.54 Å². The summed E-state index contributed by atoms with van der Waals surface area (Å²) in [5, 5.41) is 2.84. The lowest BCUT2D eigenvalue weighted by molar-refractivity contribution is -0.132. The SMILES string of the molecule is CCCNCc1ccc(S(=O)(=O)NCCC(F)(F)F)nc1. The van der Waals surface area contributed by atoms with Gasteiger partial charge in [0.2, 0.25) is 0 Å². The molecule has 0 spiro atoms. The number of nitrogens with zero attached hydrogens (tertiary/aromatic N) is 1. The van der Waals surface area contributed by atoms with E-state index in [1.165, 1.54) is 12.3 Å². The van der Waals surface area contributed by atoms with Crippen LogP contribution in [0.25, 0.3) is 0 Å². The Hall–Kier alpha value is -1.19. The monoisotopic (exact) mass is 325 g/mol. The average Bonchev–Trinajstić information content (AvgIpc) is 2.38. The van der Waals surface area contributed by atoms with Crippen LogP contribution >= 0.6 is 0 Å². The molecule has 0 saturated heterocycles. The average molecular weight is 325 g/mol. The van der Waals surface area contributed by atoms with Crippen molar-refractivity contribution in [2.45, 2.75) is 37.5 Å². The van der Waals surface area contributed by atoms with Crippen molar-refractivity contribution in [1.82, 2.24) is 15.0 Å². The fourth-order valence-electron chi connectivity index (χ4n) is 1.49. The van der Waals surface area contributed by atoms with Gasteiger partial charge in [0, 0.05) is 19.3 Å². The first-order chi connectivity index (χ1) is 9.74. The number of alkyl halides is 3. The summed E-state index contributed by atoms with van der Waals surface area (Å²) in [5.41, 5.74) is 0.803. The molecule has 0 fully saturated rings. The highest BCUT2D eigenvalue weighted by Crippen LogP contribution is 2.18. The van der Waals surface area contributed by atoms with E-state index in [-0.39, 0.29) is 5.03 Å². The van der Waals surface area contributed by atoms with Crippen molar-refractivity contribution in [3.8, 4) is 0 Å². The van der Waals surface area contributed by atoms with Crippen LogP contribution in [0.1, 0.15) is 25.3 Å². The van der Waals surface area contributed by atoms with Crippen molar-refractivity contribution >= 4 is 10.0 Å². The van der Waals surface area contributed by atoms with Gasteiger partial charge in [0.05, 0.1) is 6.42 Å². The minimum Gasteiger partial charge on any atom is -0.313 e. The van der Waals surface area contributed by atoms with Gasteiger partial charge in [-0.1, -0.05) is 13.0 Å². The Kier molecular flexibility index (Phi) is 6.56. The maximum Gasteiger partial charge on any atom is 0.390 e. The predicted molar refractivity (Wildman–Crippen MR) is 72.1 cm³/mol. The quantitative estimate of drug-likeness (QED) is 0.715. The van der Waals surface area contributed by atoms with E-state index in [9.17, 15) is 21.6 Å². The lowest BCUT2D eigenvalue weighted by Crippen LogP contribution is -2.28. The topological polar surface area (TPSA) is 71.1 Å². The van der Waals surface area contributed by atoms with E-state index in [0.717, 1.165) is 18.5 Å². The molecule has 21 heavy (non-hydrogen) atoms. The molecule has 9 heteroatoms. The Balaban J connectivity index is 2.59. The van der Waals surface area contributed by atoms with Crippen molar-refractivity contribution in [1.29, 1.82) is 0 Å². The highest BCUT2D eigenvalue weighted by Gasteiger charge is 2.27. The molecule has 0 aromatic carbocycles. The smallest absolute Gasteiger partial charge is 0.313 e. The third-order valence-electron chi connectivity index (χ3n) is 2.53. The highest BCUT2D eigenvalue weighted by molar-refractivity contribution is 7.89. The second kappa shape index (κ2) is 7.71. The number of aromatic nitrogens is 1. The second-order valence-corrected chi connectivity index (χ2v) is 6.16. The maximum atomic E-state index is 12.0. The molecule has 0 aliphatic carbocycles. The summed E-state index contributed by atoms with van der Waals surface area (Å²) in [6.45, 7) is 2.71. The lowest BCUT2D eigenvalue weighted by atomic mass is 10.3. The largest absolute Gasteiger partial charge is 0.390 e. The molecule has 0 bridgehead atoms. The fraction of sp³-hybridized carbons (Fsp3) is 0.583. The van der Waals surface area contributed by atoms with E-state index in [1.54, 1.807) is 6.07 Å². The third-order valence-corrected chi connectivity index (χ3v) is 3.91. The van der Waals surface area contributed by atoms with Crippen LogP contribution < -0.4 is 10.0 Å². The van der Waals surface area contributed by atoms with Crippen molar-refractivity contribution in [3.63, 3.8) is 0 Å². The number of nitrogens with one attached hydrogen (secondary N) is 2. The van der Waals surface area contributed by atoms with Crippen molar-refractivity contribution < 1.29 is 21.6 Å². The summed E-state index contributed by atoms with van der Waals surface area (Å²) in [4.78, 5) is 3.77. The molecule has 1 rings (SSSR count). The summed E-state index contributed by atoms with van der Waals surface area (Å²) in [6, 6.07) is 2.85. The van der Waals surface area contributed by atoms with Crippen LogP contribution in [0.15, 0.2) is 23.4 Å². The lowest BCUT2D eigenvalue weighted by Gasteiger charge is -2.09. The molecular weight excluding hydrogens is 307 g/mol. The summed E-state index contributed by atoms with van der Waals surface area (Å²) in [5.74, 6) is 0. The molecule has 5 nitrogen and oxygen atoms in total. The molecule has 0 aliphatic rings. The van der Waals surface area contributed by atoms with Crippen molar-refractivity contribution in [2.75, 3.05) is 13.1 Å². The molecule has 2 N–H and O–H groups in total. The fourth-order valence-corrected chi connectivity index (χ4v) is 2.44. The van der Waals surface area contributed by atoms with Crippen LogP contribution in [0.2, 0.25) is 0 Å². The van der Waals surface area contributed by atoms with Gasteiger partial charge < -0.3 is 5.32 Å². The van der Waals surface area contributed by atoms with Gasteiger partial charge in [0.15, 0.2) is 5.03 Å². The number of pyridine rings is 1. The number of hydrogen-bond acceptors (Lipinski definition) is 4. The van der Waals surface area contributed by atoms with Crippen LogP contribution in [0, 0.1) is 0 Å². The molecule has 120 valence electrons. The van der Waals surface area contributed by atoms with Gasteiger partial charge >= 0.3 is 6.18 Å². The van der Waals surface area contributed by atoms with Gasteiger partial charge in [-0.15, -0.1) is 0 Å². The third kappa shape index (κ3) is 6.87. The standard InChI is InChI=1S/C12H18F3N3O2S/c1-2-6-16-8-10-3-4-11(17-9-10)21(19,20)18-7-5-12(13,14)15/h3-4,9,16,18H,2,5-8H2,1H3. The van der Waals surface area contributed by atoms with Crippen LogP contribution in [-0.4, -0.2) is 32.7 Å². The second-order valence-electron chi connectivity index (χ2n) is 4.44. The minimum atomic E-state index is -4.40. The number of halogens is 3. The van der Waals surface area contributed by atoms with E-state index in [1.807, 2.05) is 11.6 Å². The van der Waals surface area contributed by atoms with Crippen molar-refractivity contribution in [2.24, 2.45) is 0 Å². The van der Waals surface area contributed by atoms with Gasteiger partial charge in [-0.3, -0.25) is 0 Å². The van der Waals surface area contributed by atoms with Crippen molar-refractivity contribution in [3.05, 3.63) is 23.9 Å². The summed E-state index contributed by atoms with van der Waals surface area (Å²) < 4.78 is 61.3. The molecule has 1 aromatic rings. The zero-order valence-electron chi connectivity index (χ0n) is 11.6. The predicted octanol–water partition coefficient (Wildman–Crippen LogP) is 1.81. The van der Waals surface area contributed by atoms with Gasteiger partial charge in [0.1, 0.15) is 0 Å². The molecule has 0 unspecified atom stereocenters. The molecular formula is C12H18F3N3O2S. The molecule has 1 aromatic heterocycles. The molecule has 1 heterocycles. The number of hydrogen-bond donors (Lipinski definition) is 2. The van der Waals surface area contributed by atoms with Crippen LogP contribution in [-0.2, 0) is 16.6 Å². The molecule has 0 amide bonds. The Morgan fingerprint density at radius 2 is 1.95 bits per heavy atom. The van der Waals surface area contributed by atoms with E-state index in [2.05, 4.69) is 10.3 Å². The first-order valence-corrected chi connectivity index (χ1v) is 7.95. The van der Waals surface area contributed by atoms with Crippen LogP contribution in [0.3, 0.4) is 0 Å². The number of rotatable bonds is 8.